The van der Waals surface area contributed by atoms with Crippen LogP contribution in [-0.4, -0.2) is 29.0 Å². The van der Waals surface area contributed by atoms with Crippen LogP contribution in [0.3, 0.4) is 0 Å². The van der Waals surface area contributed by atoms with E-state index >= 15 is 0 Å². The van der Waals surface area contributed by atoms with Crippen molar-refractivity contribution in [3.05, 3.63) is 11.3 Å². The second kappa shape index (κ2) is 7.28. The van der Waals surface area contributed by atoms with Gasteiger partial charge >= 0.3 is 0 Å². The zero-order chi connectivity index (χ0) is 14.4. The highest BCUT2D eigenvalue weighted by Crippen LogP contribution is 2.27. The molecule has 0 atom stereocenters. The van der Waals surface area contributed by atoms with E-state index in [2.05, 4.69) is 20.6 Å². The Morgan fingerprint density at radius 1 is 1.35 bits per heavy atom. The predicted molar refractivity (Wildman–Crippen MR) is 79.5 cm³/mol. The van der Waals surface area contributed by atoms with E-state index in [1.807, 2.05) is 0 Å². The Kier molecular flexibility index (Phi) is 5.40. The predicted octanol–water partition coefficient (Wildman–Crippen LogP) is 1.82. The molecule has 0 saturated heterocycles. The quantitative estimate of drug-likeness (QED) is 0.697. The number of rotatable bonds is 6. The van der Waals surface area contributed by atoms with E-state index < -0.39 is 0 Å². The molecular weight excluding hydrogens is 278 g/mol. The van der Waals surface area contributed by atoms with Crippen molar-refractivity contribution in [2.45, 2.75) is 32.1 Å². The first-order valence-corrected chi connectivity index (χ1v) is 7.31. The summed E-state index contributed by atoms with van der Waals surface area (Å²) in [7, 11) is 0. The summed E-state index contributed by atoms with van der Waals surface area (Å²) in [5.41, 5.74) is 5.57. The molecule has 110 valence electrons. The number of anilines is 2. The molecule has 1 heterocycles. The number of carbonyl (C=O) groups excluding carboxylic acids is 1. The number of hydrogen-bond acceptors (Lipinski definition) is 5. The van der Waals surface area contributed by atoms with Crippen molar-refractivity contribution in [1.29, 1.82) is 0 Å². The highest BCUT2D eigenvalue weighted by molar-refractivity contribution is 6.35. The molecule has 1 aromatic heterocycles. The second-order valence-electron chi connectivity index (χ2n) is 5.05. The van der Waals surface area contributed by atoms with Crippen LogP contribution in [0.4, 0.5) is 11.6 Å². The fraction of sp³-hybridized carbons (Fsp3) is 0.615. The Morgan fingerprint density at radius 2 is 2.10 bits per heavy atom. The molecule has 6 nitrogen and oxygen atoms in total. The summed E-state index contributed by atoms with van der Waals surface area (Å²) in [5, 5.41) is 6.23. The van der Waals surface area contributed by atoms with Gasteiger partial charge in [-0.05, 0) is 18.8 Å². The molecule has 1 saturated carbocycles. The van der Waals surface area contributed by atoms with Crippen molar-refractivity contribution in [1.82, 2.24) is 15.3 Å². The van der Waals surface area contributed by atoms with E-state index in [1.54, 1.807) is 0 Å². The number of nitrogen functional groups attached to an aromatic ring is 1. The lowest BCUT2D eigenvalue weighted by molar-refractivity contribution is -0.121. The smallest absolute Gasteiger partial charge is 0.220 e. The topological polar surface area (TPSA) is 92.9 Å². The van der Waals surface area contributed by atoms with Gasteiger partial charge in [-0.3, -0.25) is 4.79 Å². The molecule has 0 spiro atoms. The van der Waals surface area contributed by atoms with Gasteiger partial charge in [0, 0.05) is 19.5 Å². The third kappa shape index (κ3) is 4.23. The molecule has 4 N–H and O–H groups in total. The van der Waals surface area contributed by atoms with Gasteiger partial charge in [-0.25, -0.2) is 9.97 Å². The minimum absolute atomic E-state index is 0.118. The average molecular weight is 298 g/mol. The monoisotopic (exact) mass is 297 g/mol. The highest BCUT2D eigenvalue weighted by atomic mass is 35.5. The van der Waals surface area contributed by atoms with E-state index in [4.69, 9.17) is 17.3 Å². The molecule has 0 bridgehead atoms. The molecule has 2 rings (SSSR count). The summed E-state index contributed by atoms with van der Waals surface area (Å²) in [6, 6.07) is 0. The highest BCUT2D eigenvalue weighted by Gasteiger charge is 2.17. The van der Waals surface area contributed by atoms with E-state index in [-0.39, 0.29) is 11.7 Å². The molecule has 20 heavy (non-hydrogen) atoms. The summed E-state index contributed by atoms with van der Waals surface area (Å²) >= 11 is 5.95. The van der Waals surface area contributed by atoms with Crippen LogP contribution in [-0.2, 0) is 4.79 Å². The molecule has 0 aromatic carbocycles. The van der Waals surface area contributed by atoms with Gasteiger partial charge in [0.25, 0.3) is 0 Å². The molecule has 1 fully saturated rings. The van der Waals surface area contributed by atoms with Gasteiger partial charge in [-0.15, -0.1) is 0 Å². The molecular formula is C13H20ClN5O. The van der Waals surface area contributed by atoms with Gasteiger partial charge < -0.3 is 16.4 Å². The average Bonchev–Trinajstić information content (AvgIpc) is 2.92. The normalized spacial score (nSPS) is 15.2. The van der Waals surface area contributed by atoms with Crippen LogP contribution in [0.5, 0.6) is 0 Å². The lowest BCUT2D eigenvalue weighted by Gasteiger charge is -2.11. The van der Waals surface area contributed by atoms with Gasteiger partial charge in [0.1, 0.15) is 17.2 Å². The Labute approximate surface area is 123 Å². The van der Waals surface area contributed by atoms with Crippen LogP contribution in [0.25, 0.3) is 0 Å². The third-order valence-electron chi connectivity index (χ3n) is 3.50. The summed E-state index contributed by atoms with van der Waals surface area (Å²) in [6.45, 7) is 1.08. The fourth-order valence-corrected chi connectivity index (χ4v) is 2.60. The van der Waals surface area contributed by atoms with Crippen LogP contribution >= 0.6 is 11.6 Å². The van der Waals surface area contributed by atoms with E-state index in [9.17, 15) is 4.79 Å². The van der Waals surface area contributed by atoms with E-state index in [0.717, 1.165) is 0 Å². The minimum Gasteiger partial charge on any atom is -0.382 e. The number of nitrogens with one attached hydrogen (secondary N) is 2. The zero-order valence-electron chi connectivity index (χ0n) is 11.4. The van der Waals surface area contributed by atoms with Crippen molar-refractivity contribution in [2.24, 2.45) is 5.92 Å². The first-order chi connectivity index (χ1) is 9.66. The summed E-state index contributed by atoms with van der Waals surface area (Å²) in [4.78, 5) is 19.5. The Bertz CT molecular complexity index is 462. The summed E-state index contributed by atoms with van der Waals surface area (Å²) < 4.78 is 0. The lowest BCUT2D eigenvalue weighted by Crippen LogP contribution is -2.30. The van der Waals surface area contributed by atoms with Crippen LogP contribution < -0.4 is 16.4 Å². The molecule has 0 aliphatic heterocycles. The van der Waals surface area contributed by atoms with Gasteiger partial charge in [-0.1, -0.05) is 24.4 Å². The molecule has 1 aliphatic rings. The largest absolute Gasteiger partial charge is 0.382 e. The van der Waals surface area contributed by atoms with Crippen molar-refractivity contribution in [3.63, 3.8) is 0 Å². The standard InChI is InChI=1S/C13H20ClN5O/c14-11-12(15)18-8-19-13(11)17-6-5-16-10(20)7-9-3-1-2-4-9/h8-9H,1-7H2,(H,16,20)(H3,15,17,18,19). The van der Waals surface area contributed by atoms with Gasteiger partial charge in [0.2, 0.25) is 5.91 Å². The Morgan fingerprint density at radius 3 is 2.85 bits per heavy atom. The van der Waals surface area contributed by atoms with Crippen molar-refractivity contribution < 1.29 is 4.79 Å². The van der Waals surface area contributed by atoms with Crippen LogP contribution in [0.2, 0.25) is 5.02 Å². The number of nitrogens with two attached hydrogens (primary N) is 1. The van der Waals surface area contributed by atoms with Gasteiger partial charge in [0.15, 0.2) is 5.82 Å². The SMILES string of the molecule is Nc1ncnc(NCCNC(=O)CC2CCCC2)c1Cl. The van der Waals surface area contributed by atoms with E-state index in [0.29, 0.717) is 36.3 Å². The first-order valence-electron chi connectivity index (χ1n) is 6.93. The van der Waals surface area contributed by atoms with Crippen LogP contribution in [0, 0.1) is 5.92 Å². The molecule has 1 aliphatic carbocycles. The van der Waals surface area contributed by atoms with Crippen molar-refractivity contribution >= 4 is 29.1 Å². The van der Waals surface area contributed by atoms with E-state index in [1.165, 1.54) is 32.0 Å². The zero-order valence-corrected chi connectivity index (χ0v) is 12.1. The number of amides is 1. The lowest BCUT2D eigenvalue weighted by atomic mass is 10.0. The molecule has 1 aromatic rings. The fourth-order valence-electron chi connectivity index (χ4n) is 2.44. The van der Waals surface area contributed by atoms with Crippen LogP contribution in [0.1, 0.15) is 32.1 Å². The van der Waals surface area contributed by atoms with Crippen molar-refractivity contribution in [3.8, 4) is 0 Å². The maximum Gasteiger partial charge on any atom is 0.220 e. The van der Waals surface area contributed by atoms with Gasteiger partial charge in [0.05, 0.1) is 0 Å². The second-order valence-corrected chi connectivity index (χ2v) is 5.43. The maximum atomic E-state index is 11.7. The summed E-state index contributed by atoms with van der Waals surface area (Å²) in [5.74, 6) is 1.42. The number of aromatic nitrogens is 2. The number of halogens is 1. The Balaban J connectivity index is 1.65. The van der Waals surface area contributed by atoms with Crippen molar-refractivity contribution in [2.75, 3.05) is 24.1 Å². The molecule has 0 unspecified atom stereocenters. The summed E-state index contributed by atoms with van der Waals surface area (Å²) in [6.07, 6.45) is 6.87. The molecule has 0 radical (unpaired) electrons. The number of carbonyl (C=O) groups is 1. The van der Waals surface area contributed by atoms with Crippen LogP contribution in [0.15, 0.2) is 6.33 Å². The van der Waals surface area contributed by atoms with Gasteiger partial charge in [-0.2, -0.15) is 0 Å². The third-order valence-corrected chi connectivity index (χ3v) is 3.88. The Hall–Kier alpha value is -1.56. The first kappa shape index (κ1) is 14.8. The number of nitrogens with zero attached hydrogens (tertiary/aromatic N) is 2. The maximum absolute atomic E-state index is 11.7. The molecule has 7 heteroatoms. The number of hydrogen-bond donors (Lipinski definition) is 3. The minimum atomic E-state index is 0.118. The molecule has 1 amide bonds.